The van der Waals surface area contributed by atoms with Crippen LogP contribution in [-0.2, 0) is 9.63 Å². The van der Waals surface area contributed by atoms with Gasteiger partial charge in [-0.1, -0.05) is 17.3 Å². The first-order valence-corrected chi connectivity index (χ1v) is 4.06. The van der Waals surface area contributed by atoms with Gasteiger partial charge in [-0.3, -0.25) is 4.79 Å². The van der Waals surface area contributed by atoms with Crippen molar-refractivity contribution in [2.45, 2.75) is 12.5 Å². The summed E-state index contributed by atoms with van der Waals surface area (Å²) in [6.45, 7) is 0. The van der Waals surface area contributed by atoms with Gasteiger partial charge in [0.1, 0.15) is 0 Å². The van der Waals surface area contributed by atoms with Gasteiger partial charge >= 0.3 is 5.97 Å². The summed E-state index contributed by atoms with van der Waals surface area (Å²) in [5.74, 6) is -0.647. The minimum atomic E-state index is -0.826. The van der Waals surface area contributed by atoms with Gasteiger partial charge in [-0.2, -0.15) is 0 Å². The second-order valence-electron chi connectivity index (χ2n) is 3.07. The molecule has 2 unspecified atom stereocenters. The van der Waals surface area contributed by atoms with Gasteiger partial charge in [-0.05, 0) is 11.6 Å². The number of nitrogens with zero attached hydrogens (tertiary/aromatic N) is 1. The third-order valence-corrected chi connectivity index (χ3v) is 2.06. The molecule has 2 rings (SSSR count). The highest BCUT2D eigenvalue weighted by Crippen LogP contribution is 2.24. The van der Waals surface area contributed by atoms with Crippen molar-refractivity contribution in [3.05, 3.63) is 23.8 Å². The molecule has 0 saturated heterocycles. The first-order chi connectivity index (χ1) is 6.25. The van der Waals surface area contributed by atoms with Gasteiger partial charge in [0.05, 0.1) is 18.6 Å². The normalized spacial score (nSPS) is 29.4. The summed E-state index contributed by atoms with van der Waals surface area (Å²) in [5, 5.41) is 12.2. The maximum Gasteiger partial charge on any atom is 0.307 e. The molecule has 0 amide bonds. The Kier molecular flexibility index (Phi) is 1.88. The monoisotopic (exact) mass is 179 g/mol. The lowest BCUT2D eigenvalue weighted by Crippen LogP contribution is -2.17. The molecule has 0 aromatic heterocycles. The molecule has 1 aliphatic heterocycles. The van der Waals surface area contributed by atoms with Crippen molar-refractivity contribution in [3.63, 3.8) is 0 Å². The molecular weight excluding hydrogens is 170 g/mol. The lowest BCUT2D eigenvalue weighted by molar-refractivity contribution is -0.136. The largest absolute Gasteiger partial charge is 0.481 e. The van der Waals surface area contributed by atoms with Crippen LogP contribution in [0.3, 0.4) is 0 Å². The van der Waals surface area contributed by atoms with Crippen molar-refractivity contribution < 1.29 is 14.7 Å². The third-order valence-electron chi connectivity index (χ3n) is 2.06. The SMILES string of the molecule is O=C(O)CC1=CC2ON=CC2C=C1. The summed E-state index contributed by atoms with van der Waals surface area (Å²) in [6.07, 6.45) is 7.21. The van der Waals surface area contributed by atoms with Crippen molar-refractivity contribution in [1.29, 1.82) is 0 Å². The summed E-state index contributed by atoms with van der Waals surface area (Å²) in [4.78, 5) is 15.4. The minimum absolute atomic E-state index is 0.0447. The Labute approximate surface area is 75.2 Å². The fourth-order valence-electron chi connectivity index (χ4n) is 1.43. The predicted molar refractivity (Wildman–Crippen MR) is 46.3 cm³/mol. The van der Waals surface area contributed by atoms with Crippen LogP contribution in [0.15, 0.2) is 29.0 Å². The van der Waals surface area contributed by atoms with E-state index in [1.165, 1.54) is 0 Å². The highest BCUT2D eigenvalue weighted by atomic mass is 16.6. The Balaban J connectivity index is 2.08. The van der Waals surface area contributed by atoms with Crippen molar-refractivity contribution in [3.8, 4) is 0 Å². The second kappa shape index (κ2) is 3.05. The molecule has 4 nitrogen and oxygen atoms in total. The summed E-state index contributed by atoms with van der Waals surface area (Å²) in [7, 11) is 0. The Bertz CT molecular complexity index is 317. The smallest absolute Gasteiger partial charge is 0.307 e. The molecule has 0 aromatic carbocycles. The number of allylic oxidation sites excluding steroid dienone is 1. The van der Waals surface area contributed by atoms with Crippen LogP contribution in [0.1, 0.15) is 6.42 Å². The van der Waals surface area contributed by atoms with E-state index in [1.807, 2.05) is 18.2 Å². The zero-order valence-electron chi connectivity index (χ0n) is 6.88. The number of rotatable bonds is 2. The van der Waals surface area contributed by atoms with Crippen LogP contribution < -0.4 is 0 Å². The zero-order chi connectivity index (χ0) is 9.26. The zero-order valence-corrected chi connectivity index (χ0v) is 6.88. The molecule has 0 bridgehead atoms. The van der Waals surface area contributed by atoms with Gasteiger partial charge in [-0.25, -0.2) is 0 Å². The molecule has 4 heteroatoms. The van der Waals surface area contributed by atoms with Gasteiger partial charge in [0, 0.05) is 0 Å². The summed E-state index contributed by atoms with van der Waals surface area (Å²) >= 11 is 0. The molecule has 0 fully saturated rings. The lowest BCUT2D eigenvalue weighted by atomic mass is 9.94. The fourth-order valence-corrected chi connectivity index (χ4v) is 1.43. The Morgan fingerprint density at radius 1 is 1.69 bits per heavy atom. The van der Waals surface area contributed by atoms with E-state index in [0.29, 0.717) is 0 Å². The molecular formula is C9H9NO3. The quantitative estimate of drug-likeness (QED) is 0.686. The first kappa shape index (κ1) is 8.04. The second-order valence-corrected chi connectivity index (χ2v) is 3.07. The third kappa shape index (κ3) is 1.61. The topological polar surface area (TPSA) is 58.9 Å². The molecule has 0 spiro atoms. The van der Waals surface area contributed by atoms with Crippen LogP contribution >= 0.6 is 0 Å². The Morgan fingerprint density at radius 3 is 3.31 bits per heavy atom. The van der Waals surface area contributed by atoms with Gasteiger partial charge in [-0.15, -0.1) is 0 Å². The molecule has 2 aliphatic rings. The maximum absolute atomic E-state index is 10.4. The average molecular weight is 179 g/mol. The molecule has 0 saturated carbocycles. The van der Waals surface area contributed by atoms with Gasteiger partial charge < -0.3 is 9.94 Å². The molecule has 2 atom stereocenters. The molecule has 1 heterocycles. The van der Waals surface area contributed by atoms with Gasteiger partial charge in [0.15, 0.2) is 6.10 Å². The van der Waals surface area contributed by atoms with Crippen molar-refractivity contribution in [2.24, 2.45) is 11.1 Å². The van der Waals surface area contributed by atoms with Crippen molar-refractivity contribution in [2.75, 3.05) is 0 Å². The minimum Gasteiger partial charge on any atom is -0.481 e. The van der Waals surface area contributed by atoms with Crippen LogP contribution in [0.5, 0.6) is 0 Å². The van der Waals surface area contributed by atoms with Crippen LogP contribution in [-0.4, -0.2) is 23.4 Å². The number of carbonyl (C=O) groups is 1. The van der Waals surface area contributed by atoms with E-state index in [9.17, 15) is 4.79 Å². The van der Waals surface area contributed by atoms with Crippen molar-refractivity contribution in [1.82, 2.24) is 0 Å². The van der Waals surface area contributed by atoms with E-state index < -0.39 is 5.97 Å². The molecule has 1 aliphatic carbocycles. The van der Waals surface area contributed by atoms with E-state index in [-0.39, 0.29) is 18.4 Å². The molecule has 1 N–H and O–H groups in total. The molecule has 13 heavy (non-hydrogen) atoms. The van der Waals surface area contributed by atoms with Crippen LogP contribution in [0, 0.1) is 5.92 Å². The summed E-state index contributed by atoms with van der Waals surface area (Å²) in [5.41, 5.74) is 0.777. The number of hydrogen-bond acceptors (Lipinski definition) is 3. The number of hydrogen-bond donors (Lipinski definition) is 1. The molecule has 0 aromatic rings. The van der Waals surface area contributed by atoms with Crippen LogP contribution in [0.25, 0.3) is 0 Å². The highest BCUT2D eigenvalue weighted by molar-refractivity contribution is 5.72. The van der Waals surface area contributed by atoms with E-state index in [1.54, 1.807) is 6.21 Å². The highest BCUT2D eigenvalue weighted by Gasteiger charge is 2.25. The van der Waals surface area contributed by atoms with E-state index in [0.717, 1.165) is 5.57 Å². The Morgan fingerprint density at radius 2 is 2.54 bits per heavy atom. The molecule has 0 radical (unpaired) electrons. The van der Waals surface area contributed by atoms with Crippen LogP contribution in [0.2, 0.25) is 0 Å². The molecule has 68 valence electrons. The Hall–Kier alpha value is -1.58. The number of aliphatic carboxylic acids is 1. The number of fused-ring (bicyclic) bond motifs is 1. The van der Waals surface area contributed by atoms with Crippen LogP contribution in [0.4, 0.5) is 0 Å². The fraction of sp³-hybridized carbons (Fsp3) is 0.333. The van der Waals surface area contributed by atoms with Crippen molar-refractivity contribution >= 4 is 12.2 Å². The summed E-state index contributed by atoms with van der Waals surface area (Å²) < 4.78 is 0. The van der Waals surface area contributed by atoms with E-state index in [2.05, 4.69) is 5.16 Å². The maximum atomic E-state index is 10.4. The lowest BCUT2D eigenvalue weighted by Gasteiger charge is -2.14. The van der Waals surface area contributed by atoms with Gasteiger partial charge in [0.25, 0.3) is 0 Å². The summed E-state index contributed by atoms with van der Waals surface area (Å²) in [6, 6.07) is 0. The number of carboxylic acids is 1. The van der Waals surface area contributed by atoms with Gasteiger partial charge in [0.2, 0.25) is 0 Å². The van der Waals surface area contributed by atoms with E-state index >= 15 is 0 Å². The standard InChI is InChI=1S/C9H9NO3/c11-9(12)4-6-1-2-7-5-10-13-8(7)3-6/h1-3,5,7-8H,4H2,(H,11,12). The average Bonchev–Trinajstić information content (AvgIpc) is 2.49. The number of carboxylic acid groups (broad SMARTS) is 1. The number of oxime groups is 1. The first-order valence-electron chi connectivity index (χ1n) is 4.06. The predicted octanol–water partition coefficient (Wildman–Crippen LogP) is 0.958. The van der Waals surface area contributed by atoms with E-state index in [4.69, 9.17) is 9.94 Å².